The maximum Gasteiger partial charge on any atom is 0.243 e. The Kier molecular flexibility index (Phi) is 3.37. The Morgan fingerprint density at radius 3 is 3.30 bits per heavy atom. The van der Waals surface area contributed by atoms with Gasteiger partial charge in [-0.05, 0) is 23.8 Å². The summed E-state index contributed by atoms with van der Waals surface area (Å²) in [5.74, 6) is 1.82. The Balaban J connectivity index is 1.36. The van der Waals surface area contributed by atoms with Gasteiger partial charge in [0.05, 0.1) is 6.26 Å². The second-order valence-electron chi connectivity index (χ2n) is 5.42. The van der Waals surface area contributed by atoms with Gasteiger partial charge in [0.1, 0.15) is 12.4 Å². The van der Waals surface area contributed by atoms with Crippen LogP contribution < -0.4 is 5.32 Å². The van der Waals surface area contributed by atoms with Crippen molar-refractivity contribution in [3.8, 4) is 11.6 Å². The molecule has 4 rings (SSSR count). The number of aryl methyl sites for hydroxylation is 1. The standard InChI is InChI=1S/C14H15N7O2/c22-13(16-10-3-4-12-15-5-6-20(12)8-10)9-21-18-14(17-19-21)11-2-1-7-23-11/h1-2,5-7,10H,3-4,8-9H2,(H,16,22)/t10-/m0/s1. The zero-order chi connectivity index (χ0) is 15.6. The summed E-state index contributed by atoms with van der Waals surface area (Å²) in [4.78, 5) is 17.7. The van der Waals surface area contributed by atoms with E-state index in [2.05, 4.69) is 30.3 Å². The van der Waals surface area contributed by atoms with Gasteiger partial charge in [0.2, 0.25) is 11.7 Å². The Morgan fingerprint density at radius 1 is 1.48 bits per heavy atom. The van der Waals surface area contributed by atoms with Crippen molar-refractivity contribution in [3.63, 3.8) is 0 Å². The number of furan rings is 1. The van der Waals surface area contributed by atoms with E-state index >= 15 is 0 Å². The Hall–Kier alpha value is -2.97. The lowest BCUT2D eigenvalue weighted by Crippen LogP contribution is -2.42. The smallest absolute Gasteiger partial charge is 0.243 e. The molecule has 23 heavy (non-hydrogen) atoms. The molecule has 1 aliphatic rings. The highest BCUT2D eigenvalue weighted by molar-refractivity contribution is 5.75. The summed E-state index contributed by atoms with van der Waals surface area (Å²) in [7, 11) is 0. The van der Waals surface area contributed by atoms with E-state index in [-0.39, 0.29) is 18.5 Å². The average molecular weight is 313 g/mol. The van der Waals surface area contributed by atoms with Gasteiger partial charge in [0, 0.05) is 31.4 Å². The number of rotatable bonds is 4. The molecule has 0 bridgehead atoms. The van der Waals surface area contributed by atoms with E-state index in [1.165, 1.54) is 11.1 Å². The van der Waals surface area contributed by atoms with Crippen LogP contribution in [0.1, 0.15) is 12.2 Å². The number of imidazole rings is 1. The van der Waals surface area contributed by atoms with Crippen LogP contribution in [-0.2, 0) is 24.3 Å². The van der Waals surface area contributed by atoms with Crippen molar-refractivity contribution in [2.45, 2.75) is 32.0 Å². The molecule has 0 aromatic carbocycles. The molecule has 3 aromatic rings. The van der Waals surface area contributed by atoms with Crippen LogP contribution in [0.5, 0.6) is 0 Å². The van der Waals surface area contributed by atoms with Crippen molar-refractivity contribution in [1.82, 2.24) is 35.1 Å². The Bertz CT molecular complexity index is 805. The molecular weight excluding hydrogens is 298 g/mol. The van der Waals surface area contributed by atoms with Gasteiger partial charge in [0.25, 0.3) is 0 Å². The number of fused-ring (bicyclic) bond motifs is 1. The van der Waals surface area contributed by atoms with E-state index in [9.17, 15) is 4.79 Å². The van der Waals surface area contributed by atoms with E-state index in [0.29, 0.717) is 11.6 Å². The quantitative estimate of drug-likeness (QED) is 0.741. The van der Waals surface area contributed by atoms with Crippen LogP contribution >= 0.6 is 0 Å². The number of hydrogen-bond donors (Lipinski definition) is 1. The number of hydrogen-bond acceptors (Lipinski definition) is 6. The maximum absolute atomic E-state index is 12.1. The molecule has 0 saturated heterocycles. The summed E-state index contributed by atoms with van der Waals surface area (Å²) in [6.45, 7) is 0.768. The molecule has 9 nitrogen and oxygen atoms in total. The molecule has 0 saturated carbocycles. The molecule has 0 radical (unpaired) electrons. The fourth-order valence-electron chi connectivity index (χ4n) is 2.70. The molecule has 1 amide bonds. The summed E-state index contributed by atoms with van der Waals surface area (Å²) in [5.41, 5.74) is 0. The third-order valence-corrected chi connectivity index (χ3v) is 3.78. The number of carbonyl (C=O) groups is 1. The second-order valence-corrected chi connectivity index (χ2v) is 5.42. The van der Waals surface area contributed by atoms with E-state index in [0.717, 1.165) is 25.2 Å². The number of amides is 1. The van der Waals surface area contributed by atoms with Crippen LogP contribution in [0.25, 0.3) is 11.6 Å². The highest BCUT2D eigenvalue weighted by atomic mass is 16.3. The lowest BCUT2D eigenvalue weighted by Gasteiger charge is -2.24. The molecule has 0 fully saturated rings. The van der Waals surface area contributed by atoms with Crippen LogP contribution in [0.2, 0.25) is 0 Å². The molecule has 3 aromatic heterocycles. The first kappa shape index (κ1) is 13.7. The molecular formula is C14H15N7O2. The molecule has 118 valence electrons. The van der Waals surface area contributed by atoms with Gasteiger partial charge in [-0.1, -0.05) is 0 Å². The monoisotopic (exact) mass is 313 g/mol. The molecule has 1 atom stereocenters. The molecule has 1 aliphatic heterocycles. The lowest BCUT2D eigenvalue weighted by atomic mass is 10.1. The third kappa shape index (κ3) is 2.85. The van der Waals surface area contributed by atoms with E-state index in [1.54, 1.807) is 18.3 Å². The minimum atomic E-state index is -0.137. The number of tetrazole rings is 1. The highest BCUT2D eigenvalue weighted by Gasteiger charge is 2.21. The van der Waals surface area contributed by atoms with Crippen molar-refractivity contribution in [1.29, 1.82) is 0 Å². The van der Waals surface area contributed by atoms with Crippen LogP contribution in [0.3, 0.4) is 0 Å². The molecule has 1 N–H and O–H groups in total. The van der Waals surface area contributed by atoms with Gasteiger partial charge in [-0.3, -0.25) is 4.79 Å². The second kappa shape index (κ2) is 5.67. The number of nitrogens with zero attached hydrogens (tertiary/aromatic N) is 6. The van der Waals surface area contributed by atoms with Crippen LogP contribution in [0.4, 0.5) is 0 Å². The average Bonchev–Trinajstić information content (AvgIpc) is 3.27. The van der Waals surface area contributed by atoms with Crippen LogP contribution in [0.15, 0.2) is 35.2 Å². The minimum Gasteiger partial charge on any atom is -0.461 e. The van der Waals surface area contributed by atoms with E-state index in [4.69, 9.17) is 4.42 Å². The largest absolute Gasteiger partial charge is 0.461 e. The van der Waals surface area contributed by atoms with Crippen molar-refractivity contribution in [2.24, 2.45) is 0 Å². The van der Waals surface area contributed by atoms with Gasteiger partial charge in [0.15, 0.2) is 5.76 Å². The van der Waals surface area contributed by atoms with E-state index < -0.39 is 0 Å². The highest BCUT2D eigenvalue weighted by Crippen LogP contribution is 2.14. The first-order chi connectivity index (χ1) is 11.3. The SMILES string of the molecule is O=C(Cn1nnc(-c2ccco2)n1)N[C@H]1CCc2nccn2C1. The van der Waals surface area contributed by atoms with Crippen LogP contribution in [0, 0.1) is 0 Å². The minimum absolute atomic E-state index is 0.0288. The molecule has 9 heteroatoms. The summed E-state index contributed by atoms with van der Waals surface area (Å²) < 4.78 is 7.26. The van der Waals surface area contributed by atoms with Gasteiger partial charge in [-0.25, -0.2) is 4.98 Å². The van der Waals surface area contributed by atoms with Crippen molar-refractivity contribution in [3.05, 3.63) is 36.6 Å². The molecule has 0 unspecified atom stereocenters. The van der Waals surface area contributed by atoms with Crippen molar-refractivity contribution < 1.29 is 9.21 Å². The zero-order valence-corrected chi connectivity index (χ0v) is 12.3. The normalized spacial score (nSPS) is 17.0. The van der Waals surface area contributed by atoms with Crippen molar-refractivity contribution in [2.75, 3.05) is 0 Å². The van der Waals surface area contributed by atoms with Crippen LogP contribution in [-0.4, -0.2) is 41.7 Å². The molecule has 4 heterocycles. The van der Waals surface area contributed by atoms with Gasteiger partial charge >= 0.3 is 0 Å². The first-order valence-corrected chi connectivity index (χ1v) is 7.39. The third-order valence-electron chi connectivity index (χ3n) is 3.78. The fourth-order valence-corrected chi connectivity index (χ4v) is 2.70. The number of aromatic nitrogens is 6. The fraction of sp³-hybridized carbons (Fsp3) is 0.357. The van der Waals surface area contributed by atoms with Gasteiger partial charge in [-0.15, -0.1) is 10.2 Å². The Morgan fingerprint density at radius 2 is 2.43 bits per heavy atom. The summed E-state index contributed by atoms with van der Waals surface area (Å²) >= 11 is 0. The van der Waals surface area contributed by atoms with Crippen molar-refractivity contribution >= 4 is 5.91 Å². The molecule has 0 aliphatic carbocycles. The number of nitrogens with one attached hydrogen (secondary N) is 1. The number of carbonyl (C=O) groups excluding carboxylic acids is 1. The molecule has 0 spiro atoms. The predicted molar refractivity (Wildman–Crippen MR) is 78.0 cm³/mol. The first-order valence-electron chi connectivity index (χ1n) is 7.39. The predicted octanol–water partition coefficient (Wildman–Crippen LogP) is 0.261. The summed E-state index contributed by atoms with van der Waals surface area (Å²) in [6, 6.07) is 3.58. The van der Waals surface area contributed by atoms with Gasteiger partial charge in [-0.2, -0.15) is 4.80 Å². The maximum atomic E-state index is 12.1. The van der Waals surface area contributed by atoms with Gasteiger partial charge < -0.3 is 14.3 Å². The zero-order valence-electron chi connectivity index (χ0n) is 12.3. The van der Waals surface area contributed by atoms with E-state index in [1.807, 2.05) is 6.20 Å². The summed E-state index contributed by atoms with van der Waals surface area (Å²) in [5, 5.41) is 14.9. The summed E-state index contributed by atoms with van der Waals surface area (Å²) in [6.07, 6.45) is 7.00. The lowest BCUT2D eigenvalue weighted by molar-refractivity contribution is -0.123. The topological polar surface area (TPSA) is 104 Å². The Labute approximate surface area is 131 Å².